The Kier molecular flexibility index (Phi) is 9.69. The summed E-state index contributed by atoms with van der Waals surface area (Å²) < 4.78 is 0. The maximum atomic E-state index is 5.33. The van der Waals surface area contributed by atoms with Crippen molar-refractivity contribution in [3.05, 3.63) is 0 Å². The van der Waals surface area contributed by atoms with E-state index in [9.17, 15) is 0 Å². The van der Waals surface area contributed by atoms with Crippen molar-refractivity contribution >= 4 is 17.8 Å². The van der Waals surface area contributed by atoms with Crippen molar-refractivity contribution in [1.29, 1.82) is 0 Å². The standard InChI is InChI=1S/C33H60N8/c1-32(2)23-40(24-33(3,4)39(32)7)25-41(28-21-15-10-16-22-28)31-35-29(37(5)26-17-11-8-12-18-26)34-30(36-31)38(6)27-19-13-9-14-20-27/h26-28H,8-25H2,1-7H3. The van der Waals surface area contributed by atoms with E-state index in [-0.39, 0.29) is 11.1 Å². The Labute approximate surface area is 251 Å². The molecule has 5 rings (SSSR count). The maximum Gasteiger partial charge on any atom is 0.233 e. The number of hydrogen-bond donors (Lipinski definition) is 0. The second kappa shape index (κ2) is 12.9. The fourth-order valence-electron chi connectivity index (χ4n) is 8.28. The summed E-state index contributed by atoms with van der Waals surface area (Å²) in [5, 5.41) is 0. The van der Waals surface area contributed by atoms with Crippen LogP contribution in [0.2, 0.25) is 0 Å². The van der Waals surface area contributed by atoms with Crippen LogP contribution in [-0.4, -0.2) is 94.9 Å². The number of aromatic nitrogens is 3. The van der Waals surface area contributed by atoms with Gasteiger partial charge in [-0.3, -0.25) is 9.80 Å². The van der Waals surface area contributed by atoms with Crippen LogP contribution in [0.1, 0.15) is 124 Å². The molecule has 1 saturated heterocycles. The number of nitrogens with zero attached hydrogens (tertiary/aromatic N) is 8. The average molecular weight is 569 g/mol. The van der Waals surface area contributed by atoms with Crippen LogP contribution in [-0.2, 0) is 0 Å². The molecule has 4 aliphatic rings. The molecule has 0 N–H and O–H groups in total. The predicted molar refractivity (Wildman–Crippen MR) is 172 cm³/mol. The van der Waals surface area contributed by atoms with Crippen molar-refractivity contribution in [3.8, 4) is 0 Å². The molecule has 1 aromatic rings. The van der Waals surface area contributed by atoms with Crippen molar-refractivity contribution in [1.82, 2.24) is 24.8 Å². The van der Waals surface area contributed by atoms with Gasteiger partial charge in [-0.15, -0.1) is 0 Å². The van der Waals surface area contributed by atoms with Crippen LogP contribution in [0.3, 0.4) is 0 Å². The summed E-state index contributed by atoms with van der Waals surface area (Å²) in [5.41, 5.74) is 0.218. The van der Waals surface area contributed by atoms with Crippen LogP contribution in [0, 0.1) is 0 Å². The lowest BCUT2D eigenvalue weighted by Crippen LogP contribution is -2.68. The van der Waals surface area contributed by atoms with Gasteiger partial charge in [-0.1, -0.05) is 57.8 Å². The molecule has 0 unspecified atom stereocenters. The first kappa shape index (κ1) is 30.8. The molecular weight excluding hydrogens is 508 g/mol. The Balaban J connectivity index is 1.51. The zero-order valence-corrected chi connectivity index (χ0v) is 27.5. The molecule has 8 heteroatoms. The summed E-state index contributed by atoms with van der Waals surface area (Å²) in [6.45, 7) is 12.5. The van der Waals surface area contributed by atoms with E-state index in [1.807, 2.05) is 0 Å². The Bertz CT molecular complexity index is 917. The topological polar surface area (TPSA) is 54.9 Å². The van der Waals surface area contributed by atoms with Gasteiger partial charge in [-0.05, 0) is 73.3 Å². The number of piperazine rings is 1. The zero-order valence-electron chi connectivity index (χ0n) is 27.5. The van der Waals surface area contributed by atoms with Gasteiger partial charge in [-0.25, -0.2) is 0 Å². The van der Waals surface area contributed by atoms with Crippen molar-refractivity contribution in [2.75, 3.05) is 55.6 Å². The molecule has 41 heavy (non-hydrogen) atoms. The number of rotatable bonds is 8. The van der Waals surface area contributed by atoms with Gasteiger partial charge < -0.3 is 14.7 Å². The van der Waals surface area contributed by atoms with Crippen molar-refractivity contribution in [2.45, 2.75) is 153 Å². The predicted octanol–water partition coefficient (Wildman–Crippen LogP) is 6.31. The Morgan fingerprint density at radius 2 is 0.951 bits per heavy atom. The first-order chi connectivity index (χ1) is 19.5. The van der Waals surface area contributed by atoms with Crippen LogP contribution in [0.4, 0.5) is 17.8 Å². The highest BCUT2D eigenvalue weighted by atomic mass is 15.5. The fourth-order valence-corrected chi connectivity index (χ4v) is 8.28. The second-order valence-electron chi connectivity index (χ2n) is 15.1. The van der Waals surface area contributed by atoms with Gasteiger partial charge in [0.05, 0.1) is 6.67 Å². The third-order valence-corrected chi connectivity index (χ3v) is 11.1. The first-order valence-corrected chi connectivity index (χ1v) is 17.0. The molecule has 1 aliphatic heterocycles. The second-order valence-corrected chi connectivity index (χ2v) is 15.1. The zero-order chi connectivity index (χ0) is 29.2. The van der Waals surface area contributed by atoms with Crippen LogP contribution in [0.5, 0.6) is 0 Å². The number of likely N-dealkylation sites (N-methyl/N-ethyl adjacent to an activating group) is 1. The smallest absolute Gasteiger partial charge is 0.233 e. The van der Waals surface area contributed by atoms with Gasteiger partial charge in [0.1, 0.15) is 0 Å². The van der Waals surface area contributed by atoms with Crippen molar-refractivity contribution in [3.63, 3.8) is 0 Å². The lowest BCUT2D eigenvalue weighted by atomic mass is 9.88. The van der Waals surface area contributed by atoms with E-state index >= 15 is 0 Å². The molecule has 8 nitrogen and oxygen atoms in total. The minimum absolute atomic E-state index is 0.109. The largest absolute Gasteiger partial charge is 0.341 e. The molecule has 0 amide bonds. The van der Waals surface area contributed by atoms with Crippen molar-refractivity contribution in [2.24, 2.45) is 0 Å². The maximum absolute atomic E-state index is 5.33. The first-order valence-electron chi connectivity index (χ1n) is 17.0. The van der Waals surface area contributed by atoms with E-state index in [0.29, 0.717) is 18.1 Å². The lowest BCUT2D eigenvalue weighted by molar-refractivity contribution is -0.0506. The highest BCUT2D eigenvalue weighted by Crippen LogP contribution is 2.34. The molecular formula is C33H60N8. The minimum Gasteiger partial charge on any atom is -0.341 e. The number of hydrogen-bond acceptors (Lipinski definition) is 8. The highest BCUT2D eigenvalue weighted by molar-refractivity contribution is 5.47. The summed E-state index contributed by atoms with van der Waals surface area (Å²) >= 11 is 0. The molecule has 0 atom stereocenters. The third-order valence-electron chi connectivity index (χ3n) is 11.1. The Morgan fingerprint density at radius 1 is 0.585 bits per heavy atom. The lowest BCUT2D eigenvalue weighted by Gasteiger charge is -2.55. The summed E-state index contributed by atoms with van der Waals surface area (Å²) in [7, 11) is 6.76. The fraction of sp³-hybridized carbons (Fsp3) is 0.909. The van der Waals surface area contributed by atoms with E-state index in [2.05, 4.69) is 73.3 Å². The van der Waals surface area contributed by atoms with E-state index in [1.54, 1.807) is 0 Å². The van der Waals surface area contributed by atoms with Crippen LogP contribution in [0.25, 0.3) is 0 Å². The van der Waals surface area contributed by atoms with E-state index in [0.717, 1.165) is 37.6 Å². The summed E-state index contributed by atoms with van der Waals surface area (Å²) in [6, 6.07) is 1.53. The van der Waals surface area contributed by atoms with Gasteiger partial charge >= 0.3 is 0 Å². The molecule has 0 bridgehead atoms. The Morgan fingerprint density at radius 3 is 1.37 bits per heavy atom. The average Bonchev–Trinajstić information content (AvgIpc) is 2.98. The summed E-state index contributed by atoms with van der Waals surface area (Å²) in [4.78, 5) is 28.5. The normalized spacial score (nSPS) is 25.2. The van der Waals surface area contributed by atoms with E-state index in [1.165, 1.54) is 96.3 Å². The molecule has 0 radical (unpaired) electrons. The van der Waals surface area contributed by atoms with Gasteiger partial charge in [0, 0.05) is 56.4 Å². The number of anilines is 3. The molecule has 0 aromatic carbocycles. The van der Waals surface area contributed by atoms with Crippen LogP contribution in [0.15, 0.2) is 0 Å². The van der Waals surface area contributed by atoms with E-state index in [4.69, 9.17) is 15.0 Å². The quantitative estimate of drug-likeness (QED) is 0.362. The van der Waals surface area contributed by atoms with Crippen molar-refractivity contribution < 1.29 is 0 Å². The van der Waals surface area contributed by atoms with E-state index < -0.39 is 0 Å². The molecule has 0 spiro atoms. The molecule has 1 aromatic heterocycles. The summed E-state index contributed by atoms with van der Waals surface area (Å²) in [5.74, 6) is 2.65. The van der Waals surface area contributed by atoms with Crippen LogP contribution < -0.4 is 14.7 Å². The van der Waals surface area contributed by atoms with Gasteiger partial charge in [-0.2, -0.15) is 15.0 Å². The van der Waals surface area contributed by atoms with Gasteiger partial charge in [0.15, 0.2) is 0 Å². The van der Waals surface area contributed by atoms with Gasteiger partial charge in [0.2, 0.25) is 17.8 Å². The Hall–Kier alpha value is -1.67. The van der Waals surface area contributed by atoms with Crippen LogP contribution >= 0.6 is 0 Å². The SMILES string of the molecule is CN(c1nc(N(C)C2CCCCC2)nc(N(CN2CC(C)(C)N(C)C(C)(C)C2)C2CCCCC2)n1)C1CCCCC1. The highest BCUT2D eigenvalue weighted by Gasteiger charge is 2.43. The molecule has 4 fully saturated rings. The molecule has 2 heterocycles. The summed E-state index contributed by atoms with van der Waals surface area (Å²) in [6.07, 6.45) is 19.3. The molecule has 3 aliphatic carbocycles. The monoisotopic (exact) mass is 568 g/mol. The van der Waals surface area contributed by atoms with Gasteiger partial charge in [0.25, 0.3) is 0 Å². The molecule has 232 valence electrons. The molecule has 3 saturated carbocycles. The minimum atomic E-state index is 0.109. The third kappa shape index (κ3) is 7.11.